The zero-order chi connectivity index (χ0) is 14.5. The Kier molecular flexibility index (Phi) is 4.98. The smallest absolute Gasteiger partial charge is 0.313 e. The number of hydrogen-bond donors (Lipinski definition) is 2. The van der Waals surface area contributed by atoms with E-state index < -0.39 is 11.8 Å². The summed E-state index contributed by atoms with van der Waals surface area (Å²) in [6.07, 6.45) is 1.92. The molecule has 0 radical (unpaired) electrons. The van der Waals surface area contributed by atoms with Gasteiger partial charge in [-0.1, -0.05) is 17.7 Å². The fourth-order valence-corrected chi connectivity index (χ4v) is 2.17. The van der Waals surface area contributed by atoms with Gasteiger partial charge in [-0.25, -0.2) is 0 Å². The van der Waals surface area contributed by atoms with Crippen molar-refractivity contribution in [2.24, 2.45) is 0 Å². The van der Waals surface area contributed by atoms with Crippen LogP contribution in [0.2, 0.25) is 5.02 Å². The predicted molar refractivity (Wildman–Crippen MR) is 76.8 cm³/mol. The summed E-state index contributed by atoms with van der Waals surface area (Å²) in [5.41, 5.74) is 1.38. The maximum Gasteiger partial charge on any atom is 0.313 e. The molecule has 2 amide bonds. The Balaban J connectivity index is 1.87. The van der Waals surface area contributed by atoms with Crippen LogP contribution in [0.4, 0.5) is 5.69 Å². The van der Waals surface area contributed by atoms with E-state index in [2.05, 4.69) is 10.6 Å². The average Bonchev–Trinajstić information content (AvgIpc) is 2.93. The predicted octanol–water partition coefficient (Wildman–Crippen LogP) is 1.88. The SMILES string of the molecule is Cc1ccc(Cl)cc1NC(=O)C(=O)NC[C@@H]1CCCO1. The lowest BCUT2D eigenvalue weighted by atomic mass is 10.2. The summed E-state index contributed by atoms with van der Waals surface area (Å²) in [4.78, 5) is 23.5. The van der Waals surface area contributed by atoms with E-state index >= 15 is 0 Å². The number of hydrogen-bond acceptors (Lipinski definition) is 3. The largest absolute Gasteiger partial charge is 0.376 e. The van der Waals surface area contributed by atoms with Crippen LogP contribution in [-0.2, 0) is 14.3 Å². The highest BCUT2D eigenvalue weighted by atomic mass is 35.5. The molecule has 1 aliphatic heterocycles. The van der Waals surface area contributed by atoms with E-state index in [9.17, 15) is 9.59 Å². The third-order valence-electron chi connectivity index (χ3n) is 3.17. The fourth-order valence-electron chi connectivity index (χ4n) is 2.00. The van der Waals surface area contributed by atoms with E-state index in [4.69, 9.17) is 16.3 Å². The molecule has 0 saturated carbocycles. The molecule has 1 atom stereocenters. The van der Waals surface area contributed by atoms with Crippen molar-refractivity contribution in [3.05, 3.63) is 28.8 Å². The maximum absolute atomic E-state index is 11.8. The maximum atomic E-state index is 11.8. The van der Waals surface area contributed by atoms with Gasteiger partial charge in [0, 0.05) is 23.9 Å². The number of benzene rings is 1. The van der Waals surface area contributed by atoms with Gasteiger partial charge >= 0.3 is 11.8 Å². The van der Waals surface area contributed by atoms with Gasteiger partial charge in [0.25, 0.3) is 0 Å². The molecule has 5 nitrogen and oxygen atoms in total. The minimum atomic E-state index is -0.701. The number of carbonyl (C=O) groups excluding carboxylic acids is 2. The van der Waals surface area contributed by atoms with Crippen molar-refractivity contribution in [1.82, 2.24) is 5.32 Å². The molecule has 0 aromatic heterocycles. The zero-order valence-electron chi connectivity index (χ0n) is 11.2. The monoisotopic (exact) mass is 296 g/mol. The second kappa shape index (κ2) is 6.72. The number of aryl methyl sites for hydroxylation is 1. The summed E-state index contributed by atoms with van der Waals surface area (Å²) in [6.45, 7) is 2.91. The highest BCUT2D eigenvalue weighted by Gasteiger charge is 2.19. The van der Waals surface area contributed by atoms with Gasteiger partial charge in [0.15, 0.2) is 0 Å². The first-order valence-electron chi connectivity index (χ1n) is 6.53. The topological polar surface area (TPSA) is 67.4 Å². The Hall–Kier alpha value is -1.59. The van der Waals surface area contributed by atoms with Gasteiger partial charge in [0.2, 0.25) is 0 Å². The molecule has 0 spiro atoms. The molecule has 2 rings (SSSR count). The lowest BCUT2D eigenvalue weighted by Crippen LogP contribution is -2.39. The summed E-state index contributed by atoms with van der Waals surface area (Å²) in [5.74, 6) is -1.37. The van der Waals surface area contributed by atoms with Gasteiger partial charge in [-0.15, -0.1) is 0 Å². The number of rotatable bonds is 3. The van der Waals surface area contributed by atoms with Crippen molar-refractivity contribution in [2.45, 2.75) is 25.9 Å². The van der Waals surface area contributed by atoms with Crippen molar-refractivity contribution < 1.29 is 14.3 Å². The van der Waals surface area contributed by atoms with Crippen LogP contribution < -0.4 is 10.6 Å². The van der Waals surface area contributed by atoms with Gasteiger partial charge in [-0.2, -0.15) is 0 Å². The van der Waals surface area contributed by atoms with Crippen LogP contribution in [0.5, 0.6) is 0 Å². The van der Waals surface area contributed by atoms with Crippen LogP contribution >= 0.6 is 11.6 Å². The second-order valence-corrected chi connectivity index (χ2v) is 5.19. The highest BCUT2D eigenvalue weighted by Crippen LogP contribution is 2.20. The molecule has 108 valence electrons. The molecule has 6 heteroatoms. The Morgan fingerprint density at radius 2 is 2.20 bits per heavy atom. The minimum Gasteiger partial charge on any atom is -0.376 e. The van der Waals surface area contributed by atoms with E-state index in [1.807, 2.05) is 6.92 Å². The first-order valence-corrected chi connectivity index (χ1v) is 6.91. The van der Waals surface area contributed by atoms with Crippen molar-refractivity contribution in [1.29, 1.82) is 0 Å². The molecule has 20 heavy (non-hydrogen) atoms. The van der Waals surface area contributed by atoms with Crippen molar-refractivity contribution in [3.8, 4) is 0 Å². The summed E-state index contributed by atoms with van der Waals surface area (Å²) < 4.78 is 5.37. The third kappa shape index (κ3) is 3.95. The zero-order valence-corrected chi connectivity index (χ0v) is 12.0. The number of ether oxygens (including phenoxy) is 1. The van der Waals surface area contributed by atoms with E-state index in [0.717, 1.165) is 18.4 Å². The molecule has 1 fully saturated rings. The van der Waals surface area contributed by atoms with Crippen LogP contribution in [0.15, 0.2) is 18.2 Å². The lowest BCUT2D eigenvalue weighted by molar-refractivity contribution is -0.136. The van der Waals surface area contributed by atoms with Gasteiger partial charge in [0.05, 0.1) is 6.10 Å². The molecule has 0 bridgehead atoms. The molecule has 1 aromatic carbocycles. The normalized spacial score (nSPS) is 17.8. The molecule has 0 aliphatic carbocycles. The van der Waals surface area contributed by atoms with E-state index in [0.29, 0.717) is 23.9 Å². The van der Waals surface area contributed by atoms with Crippen LogP contribution in [0, 0.1) is 6.92 Å². The van der Waals surface area contributed by atoms with Gasteiger partial charge in [-0.3, -0.25) is 9.59 Å². The van der Waals surface area contributed by atoms with E-state index in [-0.39, 0.29) is 6.10 Å². The summed E-state index contributed by atoms with van der Waals surface area (Å²) in [6, 6.07) is 5.12. The number of nitrogens with one attached hydrogen (secondary N) is 2. The van der Waals surface area contributed by atoms with E-state index in [1.165, 1.54) is 0 Å². The molecule has 2 N–H and O–H groups in total. The van der Waals surface area contributed by atoms with Gasteiger partial charge < -0.3 is 15.4 Å². The molecular formula is C14H17ClN2O3. The first-order chi connectivity index (χ1) is 9.56. The molecular weight excluding hydrogens is 280 g/mol. The molecule has 0 unspecified atom stereocenters. The Morgan fingerprint density at radius 3 is 2.90 bits per heavy atom. The third-order valence-corrected chi connectivity index (χ3v) is 3.40. The molecule has 1 heterocycles. The second-order valence-electron chi connectivity index (χ2n) is 4.76. The minimum absolute atomic E-state index is 0.0136. The molecule has 1 aliphatic rings. The standard InChI is InChI=1S/C14H17ClN2O3/c1-9-4-5-10(15)7-12(9)17-14(19)13(18)16-8-11-3-2-6-20-11/h4-5,7,11H,2-3,6,8H2,1H3,(H,16,18)(H,17,19)/t11-/m0/s1. The van der Waals surface area contributed by atoms with Gasteiger partial charge in [-0.05, 0) is 37.5 Å². The van der Waals surface area contributed by atoms with Crippen molar-refractivity contribution in [3.63, 3.8) is 0 Å². The first kappa shape index (κ1) is 14.8. The van der Waals surface area contributed by atoms with Crippen LogP contribution in [-0.4, -0.2) is 31.1 Å². The summed E-state index contributed by atoms with van der Waals surface area (Å²) in [7, 11) is 0. The number of halogens is 1. The average molecular weight is 297 g/mol. The Bertz CT molecular complexity index is 513. The number of anilines is 1. The molecule has 1 saturated heterocycles. The van der Waals surface area contributed by atoms with Crippen LogP contribution in [0.3, 0.4) is 0 Å². The van der Waals surface area contributed by atoms with E-state index in [1.54, 1.807) is 18.2 Å². The molecule has 1 aromatic rings. The fraction of sp³-hybridized carbons (Fsp3) is 0.429. The van der Waals surface area contributed by atoms with Crippen molar-refractivity contribution >= 4 is 29.1 Å². The highest BCUT2D eigenvalue weighted by molar-refractivity contribution is 6.40. The summed E-state index contributed by atoms with van der Waals surface area (Å²) in [5, 5.41) is 5.62. The van der Waals surface area contributed by atoms with Crippen LogP contribution in [0.25, 0.3) is 0 Å². The van der Waals surface area contributed by atoms with Crippen LogP contribution in [0.1, 0.15) is 18.4 Å². The van der Waals surface area contributed by atoms with Gasteiger partial charge in [0.1, 0.15) is 0 Å². The Morgan fingerprint density at radius 1 is 1.40 bits per heavy atom. The quantitative estimate of drug-likeness (QED) is 0.837. The Labute approximate surface area is 122 Å². The van der Waals surface area contributed by atoms with Crippen molar-refractivity contribution in [2.75, 3.05) is 18.5 Å². The number of carbonyl (C=O) groups is 2. The lowest BCUT2D eigenvalue weighted by Gasteiger charge is -2.11. The summed E-state index contributed by atoms with van der Waals surface area (Å²) >= 11 is 5.86. The number of amides is 2.